The molecule has 2 rings (SSSR count). The van der Waals surface area contributed by atoms with Crippen molar-refractivity contribution in [2.45, 2.75) is 25.9 Å². The van der Waals surface area contributed by atoms with Crippen LogP contribution in [0.1, 0.15) is 37.3 Å². The first-order chi connectivity index (χ1) is 8.58. The molecule has 2 nitrogen and oxygen atoms in total. The van der Waals surface area contributed by atoms with Crippen LogP contribution >= 0.6 is 31.9 Å². The lowest BCUT2D eigenvalue weighted by atomic mass is 10.1. The molecule has 2 aromatic rings. The molecule has 1 aromatic carbocycles. The maximum absolute atomic E-state index is 5.40. The predicted octanol–water partition coefficient (Wildman–Crippen LogP) is 5.22. The fourth-order valence-corrected chi connectivity index (χ4v) is 3.33. The molecule has 0 fully saturated rings. The largest absolute Gasteiger partial charge is 0.468 e. The fraction of sp³-hybridized carbons (Fsp3) is 0.286. The van der Waals surface area contributed by atoms with Crippen LogP contribution in [0.3, 0.4) is 0 Å². The van der Waals surface area contributed by atoms with E-state index in [0.717, 1.165) is 14.7 Å². The molecule has 0 saturated carbocycles. The summed E-state index contributed by atoms with van der Waals surface area (Å²) >= 11 is 7.06. The van der Waals surface area contributed by atoms with Crippen molar-refractivity contribution in [2.24, 2.45) is 0 Å². The van der Waals surface area contributed by atoms with E-state index >= 15 is 0 Å². The van der Waals surface area contributed by atoms with Crippen molar-refractivity contribution in [3.05, 3.63) is 56.9 Å². The quantitative estimate of drug-likeness (QED) is 0.796. The van der Waals surface area contributed by atoms with E-state index in [9.17, 15) is 0 Å². The third kappa shape index (κ3) is 3.25. The summed E-state index contributed by atoms with van der Waals surface area (Å²) < 4.78 is 7.57. The molecule has 0 amide bonds. The summed E-state index contributed by atoms with van der Waals surface area (Å²) in [6, 6.07) is 10.6. The third-order valence-corrected chi connectivity index (χ3v) is 4.08. The molecular formula is C14H15Br2NO. The summed E-state index contributed by atoms with van der Waals surface area (Å²) in [5.74, 6) is 0.954. The Labute approximate surface area is 124 Å². The molecule has 1 aromatic heterocycles. The van der Waals surface area contributed by atoms with Crippen LogP contribution in [0.5, 0.6) is 0 Å². The Morgan fingerprint density at radius 1 is 1.11 bits per heavy atom. The molecule has 2 atom stereocenters. The Morgan fingerprint density at radius 3 is 2.50 bits per heavy atom. The lowest BCUT2D eigenvalue weighted by molar-refractivity contribution is 0.402. The molecule has 0 aliphatic heterocycles. The SMILES string of the molecule is CC(N[C@@H](C)c1ccco1)c1ccc(Br)cc1Br. The number of furan rings is 1. The molecule has 0 aliphatic carbocycles. The van der Waals surface area contributed by atoms with Gasteiger partial charge in [-0.05, 0) is 43.7 Å². The Hall–Kier alpha value is -0.580. The average Bonchev–Trinajstić information content (AvgIpc) is 2.81. The van der Waals surface area contributed by atoms with Gasteiger partial charge in [0.05, 0.1) is 12.3 Å². The number of benzene rings is 1. The standard InChI is InChI=1S/C14H15Br2NO/c1-9(12-6-5-11(15)8-13(12)16)17-10(2)14-4-3-7-18-14/h3-10,17H,1-2H3/t9?,10-/m0/s1. The van der Waals surface area contributed by atoms with E-state index < -0.39 is 0 Å². The van der Waals surface area contributed by atoms with E-state index in [1.54, 1.807) is 6.26 Å². The molecule has 4 heteroatoms. The van der Waals surface area contributed by atoms with E-state index in [1.807, 2.05) is 12.1 Å². The van der Waals surface area contributed by atoms with E-state index in [1.165, 1.54) is 5.56 Å². The number of hydrogen-bond donors (Lipinski definition) is 1. The normalized spacial score (nSPS) is 14.4. The molecule has 0 bridgehead atoms. The monoisotopic (exact) mass is 371 g/mol. The van der Waals surface area contributed by atoms with Crippen molar-refractivity contribution in [3.63, 3.8) is 0 Å². The van der Waals surface area contributed by atoms with E-state index in [-0.39, 0.29) is 12.1 Å². The summed E-state index contributed by atoms with van der Waals surface area (Å²) in [5, 5.41) is 3.52. The number of hydrogen-bond acceptors (Lipinski definition) is 2. The lowest BCUT2D eigenvalue weighted by Crippen LogP contribution is -2.22. The highest BCUT2D eigenvalue weighted by atomic mass is 79.9. The van der Waals surface area contributed by atoms with Gasteiger partial charge < -0.3 is 9.73 Å². The van der Waals surface area contributed by atoms with Gasteiger partial charge in [-0.3, -0.25) is 0 Å². The molecular weight excluding hydrogens is 358 g/mol. The average molecular weight is 373 g/mol. The predicted molar refractivity (Wildman–Crippen MR) is 80.5 cm³/mol. The second-order valence-electron chi connectivity index (χ2n) is 4.29. The van der Waals surface area contributed by atoms with Gasteiger partial charge in [-0.15, -0.1) is 0 Å². The van der Waals surface area contributed by atoms with E-state index in [4.69, 9.17) is 4.42 Å². The van der Waals surface area contributed by atoms with Gasteiger partial charge in [-0.2, -0.15) is 0 Å². The zero-order valence-corrected chi connectivity index (χ0v) is 13.5. The Morgan fingerprint density at radius 2 is 1.89 bits per heavy atom. The van der Waals surface area contributed by atoms with Gasteiger partial charge in [0.25, 0.3) is 0 Å². The highest BCUT2D eigenvalue weighted by Crippen LogP contribution is 2.28. The zero-order valence-electron chi connectivity index (χ0n) is 10.3. The minimum Gasteiger partial charge on any atom is -0.468 e. The molecule has 0 saturated heterocycles. The number of nitrogens with one attached hydrogen (secondary N) is 1. The van der Waals surface area contributed by atoms with Crippen LogP contribution in [-0.2, 0) is 0 Å². The summed E-state index contributed by atoms with van der Waals surface area (Å²) in [6.07, 6.45) is 1.70. The van der Waals surface area contributed by atoms with Crippen molar-refractivity contribution >= 4 is 31.9 Å². The summed E-state index contributed by atoms with van der Waals surface area (Å²) in [7, 11) is 0. The van der Waals surface area contributed by atoms with Gasteiger partial charge in [0.1, 0.15) is 5.76 Å². The number of rotatable bonds is 4. The van der Waals surface area contributed by atoms with Gasteiger partial charge >= 0.3 is 0 Å². The van der Waals surface area contributed by atoms with Gasteiger partial charge in [0, 0.05) is 15.0 Å². The Balaban J connectivity index is 2.10. The molecule has 0 aliphatic rings. The lowest BCUT2D eigenvalue weighted by Gasteiger charge is -2.20. The first kappa shape index (κ1) is 13.8. The molecule has 1 heterocycles. The third-order valence-electron chi connectivity index (χ3n) is 2.90. The van der Waals surface area contributed by atoms with Crippen molar-refractivity contribution < 1.29 is 4.42 Å². The van der Waals surface area contributed by atoms with Crippen LogP contribution in [0.25, 0.3) is 0 Å². The maximum atomic E-state index is 5.40. The van der Waals surface area contributed by atoms with Crippen LogP contribution in [0.4, 0.5) is 0 Å². The first-order valence-electron chi connectivity index (χ1n) is 5.82. The Bertz CT molecular complexity index is 511. The molecule has 0 spiro atoms. The zero-order chi connectivity index (χ0) is 13.1. The maximum Gasteiger partial charge on any atom is 0.120 e. The molecule has 1 unspecified atom stereocenters. The van der Waals surface area contributed by atoms with Gasteiger partial charge in [-0.1, -0.05) is 37.9 Å². The Kier molecular flexibility index (Phi) is 4.65. The first-order valence-corrected chi connectivity index (χ1v) is 7.41. The molecule has 1 N–H and O–H groups in total. The number of halogens is 2. The summed E-state index contributed by atoms with van der Waals surface area (Å²) in [5.41, 5.74) is 1.23. The smallest absolute Gasteiger partial charge is 0.120 e. The highest BCUT2D eigenvalue weighted by molar-refractivity contribution is 9.11. The molecule has 96 valence electrons. The second-order valence-corrected chi connectivity index (χ2v) is 6.06. The van der Waals surface area contributed by atoms with Crippen molar-refractivity contribution in [3.8, 4) is 0 Å². The minimum absolute atomic E-state index is 0.186. The minimum atomic E-state index is 0.186. The topological polar surface area (TPSA) is 25.2 Å². The molecule has 18 heavy (non-hydrogen) atoms. The van der Waals surface area contributed by atoms with Crippen LogP contribution in [-0.4, -0.2) is 0 Å². The molecule has 0 radical (unpaired) electrons. The van der Waals surface area contributed by atoms with Crippen LogP contribution < -0.4 is 5.32 Å². The van der Waals surface area contributed by atoms with Crippen LogP contribution in [0.15, 0.2) is 50.0 Å². The van der Waals surface area contributed by atoms with Crippen molar-refractivity contribution in [1.82, 2.24) is 5.32 Å². The van der Waals surface area contributed by atoms with Gasteiger partial charge in [0.2, 0.25) is 0 Å². The summed E-state index contributed by atoms with van der Waals surface area (Å²) in [6.45, 7) is 4.25. The van der Waals surface area contributed by atoms with Crippen molar-refractivity contribution in [2.75, 3.05) is 0 Å². The highest BCUT2D eigenvalue weighted by Gasteiger charge is 2.15. The van der Waals surface area contributed by atoms with Gasteiger partial charge in [-0.25, -0.2) is 0 Å². The van der Waals surface area contributed by atoms with Crippen molar-refractivity contribution in [1.29, 1.82) is 0 Å². The second kappa shape index (κ2) is 6.04. The fourth-order valence-electron chi connectivity index (χ4n) is 1.94. The summed E-state index contributed by atoms with van der Waals surface area (Å²) in [4.78, 5) is 0. The van der Waals surface area contributed by atoms with E-state index in [2.05, 4.69) is 69.2 Å². The van der Waals surface area contributed by atoms with Crippen LogP contribution in [0, 0.1) is 0 Å². The van der Waals surface area contributed by atoms with Gasteiger partial charge in [0.15, 0.2) is 0 Å². The van der Waals surface area contributed by atoms with E-state index in [0.29, 0.717) is 0 Å². The van der Waals surface area contributed by atoms with Crippen LogP contribution in [0.2, 0.25) is 0 Å².